The number of hydrogen-bond acceptors (Lipinski definition) is 2. The molecule has 1 aromatic carbocycles. The number of rotatable bonds is 3. The lowest BCUT2D eigenvalue weighted by Crippen LogP contribution is -2.54. The Morgan fingerprint density at radius 1 is 1.04 bits per heavy atom. The van der Waals surface area contributed by atoms with Crippen LogP contribution in [0.4, 0.5) is 13.2 Å². The molecule has 0 aromatic heterocycles. The molecule has 1 amide bonds. The zero-order chi connectivity index (χ0) is 17.2. The summed E-state index contributed by atoms with van der Waals surface area (Å²) in [6.45, 7) is 1.42. The van der Waals surface area contributed by atoms with Crippen LogP contribution in [-0.4, -0.2) is 48.1 Å². The minimum absolute atomic E-state index is 0.140. The second-order valence-electron chi connectivity index (χ2n) is 6.88. The quantitative estimate of drug-likeness (QED) is 0.841. The number of piperidine rings is 1. The number of halogens is 3. The molecular formula is C18H23F3N2O. The van der Waals surface area contributed by atoms with Gasteiger partial charge in [0.05, 0.1) is 0 Å². The fourth-order valence-electron chi connectivity index (χ4n) is 3.79. The molecule has 1 aromatic rings. The fraction of sp³-hybridized carbons (Fsp3) is 0.611. The molecule has 0 N–H and O–H groups in total. The molecule has 24 heavy (non-hydrogen) atoms. The van der Waals surface area contributed by atoms with E-state index in [-0.39, 0.29) is 13.0 Å². The van der Waals surface area contributed by atoms with Crippen LogP contribution in [-0.2, 0) is 11.3 Å². The number of amides is 1. The van der Waals surface area contributed by atoms with Gasteiger partial charge in [-0.2, -0.15) is 13.2 Å². The van der Waals surface area contributed by atoms with Crippen molar-refractivity contribution >= 4 is 5.91 Å². The maximum Gasteiger partial charge on any atom is 0.404 e. The van der Waals surface area contributed by atoms with Crippen molar-refractivity contribution in [1.82, 2.24) is 9.80 Å². The van der Waals surface area contributed by atoms with Crippen molar-refractivity contribution in [2.45, 2.75) is 38.4 Å². The smallest absolute Gasteiger partial charge is 0.342 e. The van der Waals surface area contributed by atoms with Crippen LogP contribution in [0.15, 0.2) is 30.3 Å². The first-order valence-corrected chi connectivity index (χ1v) is 8.55. The largest absolute Gasteiger partial charge is 0.404 e. The van der Waals surface area contributed by atoms with Gasteiger partial charge in [0, 0.05) is 26.2 Å². The van der Waals surface area contributed by atoms with Gasteiger partial charge in [-0.15, -0.1) is 0 Å². The molecule has 2 aliphatic rings. The van der Waals surface area contributed by atoms with Crippen molar-refractivity contribution in [3.8, 4) is 0 Å². The van der Waals surface area contributed by atoms with Gasteiger partial charge < -0.3 is 4.90 Å². The Hall–Kier alpha value is -1.56. The van der Waals surface area contributed by atoms with E-state index < -0.39 is 17.5 Å². The molecule has 0 bridgehead atoms. The van der Waals surface area contributed by atoms with Gasteiger partial charge in [-0.1, -0.05) is 30.3 Å². The van der Waals surface area contributed by atoms with E-state index >= 15 is 0 Å². The van der Waals surface area contributed by atoms with Crippen LogP contribution in [0.3, 0.4) is 0 Å². The molecule has 132 valence electrons. The van der Waals surface area contributed by atoms with Crippen LogP contribution in [0.2, 0.25) is 0 Å². The summed E-state index contributed by atoms with van der Waals surface area (Å²) in [6, 6.07) is 9.44. The monoisotopic (exact) mass is 340 g/mol. The summed E-state index contributed by atoms with van der Waals surface area (Å²) in [4.78, 5) is 15.9. The minimum atomic E-state index is -4.51. The molecule has 2 fully saturated rings. The standard InChI is InChI=1S/C18H23F3N2O/c19-18(20,21)17(16(24)23-10-5-2-6-11-23)9-12-22(14-17)13-15-7-3-1-4-8-15/h1,3-4,7-8H,2,5-6,9-14H2/t17-/m1/s1. The SMILES string of the molecule is O=C(N1CCCCC1)[C@@]1(C(F)(F)F)CCN(Cc2ccccc2)C1. The molecule has 0 saturated carbocycles. The van der Waals surface area contributed by atoms with Crippen molar-refractivity contribution < 1.29 is 18.0 Å². The third kappa shape index (κ3) is 3.29. The lowest BCUT2D eigenvalue weighted by molar-refractivity contribution is -0.224. The number of carbonyl (C=O) groups is 1. The lowest BCUT2D eigenvalue weighted by atomic mass is 9.84. The molecule has 3 rings (SSSR count). The summed E-state index contributed by atoms with van der Waals surface area (Å²) in [5.41, 5.74) is -1.26. The summed E-state index contributed by atoms with van der Waals surface area (Å²) >= 11 is 0. The molecule has 2 saturated heterocycles. The van der Waals surface area contributed by atoms with Crippen molar-refractivity contribution in [2.24, 2.45) is 5.41 Å². The van der Waals surface area contributed by atoms with E-state index in [4.69, 9.17) is 0 Å². The normalized spacial score (nSPS) is 25.9. The van der Waals surface area contributed by atoms with Crippen molar-refractivity contribution in [2.75, 3.05) is 26.2 Å². The molecule has 3 nitrogen and oxygen atoms in total. The molecule has 0 unspecified atom stereocenters. The number of nitrogens with zero attached hydrogens (tertiary/aromatic N) is 2. The summed E-state index contributed by atoms with van der Waals surface area (Å²) in [6.07, 6.45) is -2.06. The number of alkyl halides is 3. The van der Waals surface area contributed by atoms with Crippen molar-refractivity contribution in [3.63, 3.8) is 0 Å². The van der Waals surface area contributed by atoms with Crippen LogP contribution < -0.4 is 0 Å². The highest BCUT2D eigenvalue weighted by atomic mass is 19.4. The Bertz CT molecular complexity index is 569. The molecule has 6 heteroatoms. The molecule has 2 aliphatic heterocycles. The van der Waals surface area contributed by atoms with Gasteiger partial charge in [-0.25, -0.2) is 0 Å². The maximum atomic E-state index is 13.9. The van der Waals surface area contributed by atoms with Gasteiger partial charge in [0.15, 0.2) is 5.41 Å². The first kappa shape index (κ1) is 17.3. The van der Waals surface area contributed by atoms with Gasteiger partial charge in [0.25, 0.3) is 0 Å². The van der Waals surface area contributed by atoms with Gasteiger partial charge in [0.1, 0.15) is 0 Å². The topological polar surface area (TPSA) is 23.6 Å². The number of hydrogen-bond donors (Lipinski definition) is 0. The van der Waals surface area contributed by atoms with Crippen molar-refractivity contribution in [3.05, 3.63) is 35.9 Å². The highest BCUT2D eigenvalue weighted by molar-refractivity contribution is 5.84. The van der Waals surface area contributed by atoms with Gasteiger partial charge in [-0.05, 0) is 37.8 Å². The Kier molecular flexibility index (Phi) is 4.85. The minimum Gasteiger partial charge on any atom is -0.342 e. The van der Waals surface area contributed by atoms with Crippen LogP contribution >= 0.6 is 0 Å². The summed E-state index contributed by atoms with van der Waals surface area (Å²) < 4.78 is 41.6. The Balaban J connectivity index is 1.77. The predicted molar refractivity (Wildman–Crippen MR) is 85.3 cm³/mol. The predicted octanol–water partition coefficient (Wildman–Crippen LogP) is 3.45. The van der Waals surface area contributed by atoms with E-state index in [1.807, 2.05) is 30.3 Å². The second-order valence-corrected chi connectivity index (χ2v) is 6.88. The second kappa shape index (κ2) is 6.75. The third-order valence-electron chi connectivity index (χ3n) is 5.19. The average molecular weight is 340 g/mol. The van der Waals surface area contributed by atoms with E-state index in [1.54, 1.807) is 4.90 Å². The van der Waals surface area contributed by atoms with Gasteiger partial charge in [-0.3, -0.25) is 9.69 Å². The average Bonchev–Trinajstić information content (AvgIpc) is 3.01. The van der Waals surface area contributed by atoms with E-state index in [2.05, 4.69) is 0 Å². The van der Waals surface area contributed by atoms with E-state index in [9.17, 15) is 18.0 Å². The van der Waals surface area contributed by atoms with Crippen LogP contribution in [0.25, 0.3) is 0 Å². The highest BCUT2D eigenvalue weighted by Crippen LogP contribution is 2.47. The molecular weight excluding hydrogens is 317 g/mol. The zero-order valence-electron chi connectivity index (χ0n) is 13.7. The maximum absolute atomic E-state index is 13.9. The molecule has 1 atom stereocenters. The summed E-state index contributed by atoms with van der Waals surface area (Å²) in [5, 5.41) is 0. The van der Waals surface area contributed by atoms with Crippen LogP contribution in [0, 0.1) is 5.41 Å². The fourth-order valence-corrected chi connectivity index (χ4v) is 3.79. The Morgan fingerprint density at radius 2 is 1.71 bits per heavy atom. The first-order chi connectivity index (χ1) is 11.4. The molecule has 0 spiro atoms. The zero-order valence-corrected chi connectivity index (χ0v) is 13.7. The highest BCUT2D eigenvalue weighted by Gasteiger charge is 2.63. The van der Waals surface area contributed by atoms with E-state index in [1.165, 1.54) is 4.90 Å². The van der Waals surface area contributed by atoms with Crippen LogP contribution in [0.1, 0.15) is 31.2 Å². The third-order valence-corrected chi connectivity index (χ3v) is 5.19. The first-order valence-electron chi connectivity index (χ1n) is 8.55. The number of likely N-dealkylation sites (tertiary alicyclic amines) is 2. The molecule has 0 radical (unpaired) electrons. The molecule has 0 aliphatic carbocycles. The Labute approximate surface area is 140 Å². The van der Waals surface area contributed by atoms with E-state index in [0.717, 1.165) is 24.8 Å². The summed E-state index contributed by atoms with van der Waals surface area (Å²) in [7, 11) is 0. The number of carbonyl (C=O) groups excluding carboxylic acids is 1. The lowest BCUT2D eigenvalue weighted by Gasteiger charge is -2.37. The number of benzene rings is 1. The van der Waals surface area contributed by atoms with Crippen LogP contribution in [0.5, 0.6) is 0 Å². The van der Waals surface area contributed by atoms with Crippen molar-refractivity contribution in [1.29, 1.82) is 0 Å². The van der Waals surface area contributed by atoms with Gasteiger partial charge >= 0.3 is 6.18 Å². The van der Waals surface area contributed by atoms with Gasteiger partial charge in [0.2, 0.25) is 5.91 Å². The molecule has 2 heterocycles. The Morgan fingerprint density at radius 3 is 2.33 bits per heavy atom. The van der Waals surface area contributed by atoms with E-state index in [0.29, 0.717) is 26.2 Å². The summed E-state index contributed by atoms with van der Waals surface area (Å²) in [5.74, 6) is -0.717.